The van der Waals surface area contributed by atoms with Gasteiger partial charge in [-0.05, 0) is 36.6 Å². The Kier molecular flexibility index (Phi) is 5.72. The molecule has 1 atom stereocenters. The summed E-state index contributed by atoms with van der Waals surface area (Å²) >= 11 is 0. The fourth-order valence-corrected chi connectivity index (χ4v) is 2.98. The first-order valence-electron chi connectivity index (χ1n) is 8.56. The summed E-state index contributed by atoms with van der Waals surface area (Å²) in [6, 6.07) is 9.61. The fraction of sp³-hybridized carbons (Fsp3) is 0.368. The molecule has 1 saturated heterocycles. The molecule has 0 spiro atoms. The van der Waals surface area contributed by atoms with Gasteiger partial charge >= 0.3 is 0 Å². The van der Waals surface area contributed by atoms with E-state index in [0.29, 0.717) is 19.6 Å². The molecule has 2 aromatic heterocycles. The Hall–Kier alpha value is -2.76. The Bertz CT molecular complexity index is 706. The van der Waals surface area contributed by atoms with Crippen LogP contribution in [-0.4, -0.2) is 39.8 Å². The maximum atomic E-state index is 12.3. The van der Waals surface area contributed by atoms with E-state index in [1.54, 1.807) is 23.5 Å². The Morgan fingerprint density at radius 1 is 1.24 bits per heavy atom. The summed E-state index contributed by atoms with van der Waals surface area (Å²) in [5.74, 6) is -0.278. The van der Waals surface area contributed by atoms with E-state index in [1.807, 2.05) is 30.3 Å². The Morgan fingerprint density at radius 3 is 2.92 bits per heavy atom. The standard InChI is InChI=1S/C19H22N4O2/c24-18-11-16(14-23(18)13-15-5-3-8-20-12-15)19(25)22-10-4-7-17-6-1-2-9-21-17/h1-3,5-6,8-9,12,16H,4,7,10-11,13-14H2,(H,22,25)/t16-/m1/s1. The predicted octanol–water partition coefficient (Wildman–Crippen LogP) is 1.57. The van der Waals surface area contributed by atoms with Crippen LogP contribution >= 0.6 is 0 Å². The average molecular weight is 338 g/mol. The lowest BCUT2D eigenvalue weighted by Gasteiger charge is -2.16. The van der Waals surface area contributed by atoms with Crippen LogP contribution < -0.4 is 5.32 Å². The number of aromatic nitrogens is 2. The molecule has 0 saturated carbocycles. The topological polar surface area (TPSA) is 75.2 Å². The van der Waals surface area contributed by atoms with Gasteiger partial charge in [-0.15, -0.1) is 0 Å². The SMILES string of the molecule is O=C(NCCCc1ccccn1)[C@@H]1CC(=O)N(Cc2cccnc2)C1. The van der Waals surface area contributed by atoms with Crippen LogP contribution in [0.4, 0.5) is 0 Å². The molecule has 1 aliphatic heterocycles. The van der Waals surface area contributed by atoms with Crippen LogP contribution in [0.1, 0.15) is 24.1 Å². The molecule has 6 nitrogen and oxygen atoms in total. The van der Waals surface area contributed by atoms with Crippen molar-refractivity contribution in [3.8, 4) is 0 Å². The highest BCUT2D eigenvalue weighted by Crippen LogP contribution is 2.20. The Morgan fingerprint density at radius 2 is 2.16 bits per heavy atom. The number of rotatable bonds is 7. The summed E-state index contributed by atoms with van der Waals surface area (Å²) in [5, 5.41) is 2.94. The number of pyridine rings is 2. The van der Waals surface area contributed by atoms with Crippen LogP contribution in [0.2, 0.25) is 0 Å². The van der Waals surface area contributed by atoms with Crippen LogP contribution in [0.5, 0.6) is 0 Å². The van der Waals surface area contributed by atoms with Gasteiger partial charge in [-0.3, -0.25) is 19.6 Å². The second kappa shape index (κ2) is 8.37. The third-order valence-electron chi connectivity index (χ3n) is 4.32. The maximum Gasteiger partial charge on any atom is 0.225 e. The van der Waals surface area contributed by atoms with Gasteiger partial charge in [0.1, 0.15) is 0 Å². The molecule has 3 heterocycles. The Balaban J connectivity index is 1.41. The highest BCUT2D eigenvalue weighted by molar-refractivity contribution is 5.89. The normalized spacial score (nSPS) is 16.9. The zero-order valence-electron chi connectivity index (χ0n) is 14.1. The molecule has 0 unspecified atom stereocenters. The number of likely N-dealkylation sites (tertiary alicyclic amines) is 1. The molecular formula is C19H22N4O2. The van der Waals surface area contributed by atoms with Gasteiger partial charge in [-0.1, -0.05) is 12.1 Å². The number of carbonyl (C=O) groups is 2. The van der Waals surface area contributed by atoms with E-state index in [-0.39, 0.29) is 24.2 Å². The lowest BCUT2D eigenvalue weighted by molar-refractivity contribution is -0.129. The molecule has 1 aliphatic rings. The Labute approximate surface area is 147 Å². The van der Waals surface area contributed by atoms with Crippen molar-refractivity contribution < 1.29 is 9.59 Å². The molecule has 3 rings (SSSR count). The number of hydrogen-bond acceptors (Lipinski definition) is 4. The summed E-state index contributed by atoms with van der Waals surface area (Å²) in [4.78, 5) is 34.5. The minimum Gasteiger partial charge on any atom is -0.356 e. The molecule has 1 N–H and O–H groups in total. The van der Waals surface area contributed by atoms with Gasteiger partial charge in [0.05, 0.1) is 5.92 Å². The second-order valence-electron chi connectivity index (χ2n) is 6.25. The first-order valence-corrected chi connectivity index (χ1v) is 8.56. The number of hydrogen-bond donors (Lipinski definition) is 1. The first-order chi connectivity index (χ1) is 12.2. The molecule has 0 aromatic carbocycles. The second-order valence-corrected chi connectivity index (χ2v) is 6.25. The minimum absolute atomic E-state index is 0.0255. The molecule has 25 heavy (non-hydrogen) atoms. The van der Waals surface area contributed by atoms with Crippen LogP contribution in [0.3, 0.4) is 0 Å². The van der Waals surface area contributed by atoms with Crippen LogP contribution in [0.15, 0.2) is 48.9 Å². The molecule has 1 fully saturated rings. The van der Waals surface area contributed by atoms with E-state index < -0.39 is 0 Å². The van der Waals surface area contributed by atoms with E-state index in [2.05, 4.69) is 15.3 Å². The van der Waals surface area contributed by atoms with Crippen molar-refractivity contribution in [2.24, 2.45) is 5.92 Å². The van der Waals surface area contributed by atoms with Crippen LogP contribution in [-0.2, 0) is 22.6 Å². The van der Waals surface area contributed by atoms with Crippen molar-refractivity contribution in [2.45, 2.75) is 25.8 Å². The van der Waals surface area contributed by atoms with Gasteiger partial charge < -0.3 is 10.2 Å². The molecule has 130 valence electrons. The number of nitrogens with one attached hydrogen (secondary N) is 1. The van der Waals surface area contributed by atoms with Gasteiger partial charge in [0.2, 0.25) is 11.8 Å². The largest absolute Gasteiger partial charge is 0.356 e. The molecule has 0 aliphatic carbocycles. The van der Waals surface area contributed by atoms with E-state index in [4.69, 9.17) is 0 Å². The van der Waals surface area contributed by atoms with E-state index in [9.17, 15) is 9.59 Å². The number of nitrogens with zero attached hydrogens (tertiary/aromatic N) is 3. The molecular weight excluding hydrogens is 316 g/mol. The monoisotopic (exact) mass is 338 g/mol. The van der Waals surface area contributed by atoms with Crippen molar-refractivity contribution >= 4 is 11.8 Å². The third kappa shape index (κ3) is 4.86. The van der Waals surface area contributed by atoms with E-state index >= 15 is 0 Å². The van der Waals surface area contributed by atoms with Gasteiger partial charge in [-0.2, -0.15) is 0 Å². The summed E-state index contributed by atoms with van der Waals surface area (Å²) < 4.78 is 0. The zero-order chi connectivity index (χ0) is 17.5. The highest BCUT2D eigenvalue weighted by Gasteiger charge is 2.33. The average Bonchev–Trinajstić information content (AvgIpc) is 3.01. The lowest BCUT2D eigenvalue weighted by atomic mass is 10.1. The molecule has 0 bridgehead atoms. The minimum atomic E-state index is -0.265. The smallest absolute Gasteiger partial charge is 0.225 e. The maximum absolute atomic E-state index is 12.3. The van der Waals surface area contributed by atoms with Crippen molar-refractivity contribution in [3.63, 3.8) is 0 Å². The van der Waals surface area contributed by atoms with Crippen LogP contribution in [0, 0.1) is 5.92 Å². The zero-order valence-corrected chi connectivity index (χ0v) is 14.1. The number of aryl methyl sites for hydroxylation is 1. The first kappa shape index (κ1) is 17.1. The summed E-state index contributed by atoms with van der Waals surface area (Å²) in [7, 11) is 0. The predicted molar refractivity (Wildman–Crippen MR) is 93.3 cm³/mol. The molecule has 6 heteroatoms. The van der Waals surface area contributed by atoms with Gasteiger partial charge in [-0.25, -0.2) is 0 Å². The van der Waals surface area contributed by atoms with Crippen molar-refractivity contribution in [1.82, 2.24) is 20.2 Å². The van der Waals surface area contributed by atoms with Crippen molar-refractivity contribution in [2.75, 3.05) is 13.1 Å². The summed E-state index contributed by atoms with van der Waals surface area (Å²) in [6.07, 6.45) is 7.18. The summed E-state index contributed by atoms with van der Waals surface area (Å²) in [5.41, 5.74) is 2.00. The van der Waals surface area contributed by atoms with E-state index in [1.165, 1.54) is 0 Å². The van der Waals surface area contributed by atoms with Gasteiger partial charge in [0.15, 0.2) is 0 Å². The van der Waals surface area contributed by atoms with Gasteiger partial charge in [0.25, 0.3) is 0 Å². The summed E-state index contributed by atoms with van der Waals surface area (Å²) in [6.45, 7) is 1.58. The number of carbonyl (C=O) groups excluding carboxylic acids is 2. The van der Waals surface area contributed by atoms with Crippen LogP contribution in [0.25, 0.3) is 0 Å². The highest BCUT2D eigenvalue weighted by atomic mass is 16.2. The molecule has 2 aromatic rings. The van der Waals surface area contributed by atoms with Gasteiger partial charge in [0, 0.05) is 50.3 Å². The molecule has 0 radical (unpaired) electrons. The van der Waals surface area contributed by atoms with Crippen molar-refractivity contribution in [1.29, 1.82) is 0 Å². The third-order valence-corrected chi connectivity index (χ3v) is 4.32. The fourth-order valence-electron chi connectivity index (χ4n) is 2.98. The van der Waals surface area contributed by atoms with Crippen molar-refractivity contribution in [3.05, 3.63) is 60.2 Å². The molecule has 2 amide bonds. The number of amides is 2. The lowest BCUT2D eigenvalue weighted by Crippen LogP contribution is -2.33. The quantitative estimate of drug-likeness (QED) is 0.778. The van der Waals surface area contributed by atoms with E-state index in [0.717, 1.165) is 24.1 Å².